The summed E-state index contributed by atoms with van der Waals surface area (Å²) in [6.45, 7) is 0. The molecule has 4 aromatic carbocycles. The zero-order chi connectivity index (χ0) is 22.2. The van der Waals surface area contributed by atoms with Crippen molar-refractivity contribution in [2.75, 3.05) is 0 Å². The molecule has 6 rings (SSSR count). The van der Waals surface area contributed by atoms with Gasteiger partial charge >= 0.3 is 0 Å². The number of aromatic nitrogens is 3. The second-order valence-corrected chi connectivity index (χ2v) is 8.65. The maximum Gasteiger partial charge on any atom is 0.190 e. The lowest BCUT2D eigenvalue weighted by molar-refractivity contribution is 0.628. The molecular formula is C28H18FN3S. The van der Waals surface area contributed by atoms with Crippen LogP contribution in [0, 0.1) is 5.82 Å². The van der Waals surface area contributed by atoms with Gasteiger partial charge in [0.1, 0.15) is 21.5 Å². The Morgan fingerprint density at radius 1 is 0.606 bits per heavy atom. The SMILES string of the molecule is Fc1ccc(-c2ccccc2-n2c(-c3ccccc3)nc3nc(-c4ccccc4)sc32)cc1. The molecule has 0 bridgehead atoms. The molecule has 0 radical (unpaired) electrons. The summed E-state index contributed by atoms with van der Waals surface area (Å²) in [5, 5.41) is 0.931. The van der Waals surface area contributed by atoms with E-state index in [0.717, 1.165) is 43.6 Å². The van der Waals surface area contributed by atoms with Gasteiger partial charge in [-0.3, -0.25) is 4.57 Å². The predicted molar refractivity (Wildman–Crippen MR) is 133 cm³/mol. The van der Waals surface area contributed by atoms with E-state index < -0.39 is 0 Å². The molecule has 3 nitrogen and oxygen atoms in total. The van der Waals surface area contributed by atoms with Crippen LogP contribution in [0.2, 0.25) is 0 Å². The van der Waals surface area contributed by atoms with Gasteiger partial charge in [-0.15, -0.1) is 0 Å². The molecule has 0 atom stereocenters. The normalized spacial score (nSPS) is 11.2. The topological polar surface area (TPSA) is 30.7 Å². The number of hydrogen-bond donors (Lipinski definition) is 0. The summed E-state index contributed by atoms with van der Waals surface area (Å²) in [6.07, 6.45) is 0. The van der Waals surface area contributed by atoms with E-state index in [1.165, 1.54) is 12.1 Å². The number of hydrogen-bond acceptors (Lipinski definition) is 3. The molecule has 0 N–H and O–H groups in total. The lowest BCUT2D eigenvalue weighted by atomic mass is 10.0. The van der Waals surface area contributed by atoms with Gasteiger partial charge in [0.05, 0.1) is 5.69 Å². The number of rotatable bonds is 4. The third kappa shape index (κ3) is 3.52. The van der Waals surface area contributed by atoms with Crippen molar-refractivity contribution in [3.63, 3.8) is 0 Å². The van der Waals surface area contributed by atoms with Gasteiger partial charge in [-0.05, 0) is 23.8 Å². The van der Waals surface area contributed by atoms with Gasteiger partial charge in [-0.1, -0.05) is 102 Å². The molecule has 158 valence electrons. The minimum absolute atomic E-state index is 0.249. The Morgan fingerprint density at radius 2 is 1.24 bits per heavy atom. The second-order valence-electron chi connectivity index (χ2n) is 7.67. The van der Waals surface area contributed by atoms with Crippen molar-refractivity contribution in [2.45, 2.75) is 0 Å². The quantitative estimate of drug-likeness (QED) is 0.278. The Bertz CT molecular complexity index is 1550. The zero-order valence-electron chi connectivity index (χ0n) is 17.5. The van der Waals surface area contributed by atoms with E-state index in [1.54, 1.807) is 11.3 Å². The Labute approximate surface area is 194 Å². The van der Waals surface area contributed by atoms with Crippen LogP contribution in [0.15, 0.2) is 109 Å². The molecule has 0 unspecified atom stereocenters. The fraction of sp³-hybridized carbons (Fsp3) is 0. The number of benzene rings is 4. The summed E-state index contributed by atoms with van der Waals surface area (Å²) in [7, 11) is 0. The Hall–Kier alpha value is -4.09. The van der Waals surface area contributed by atoms with Crippen LogP contribution in [0.4, 0.5) is 4.39 Å². The Balaban J connectivity index is 1.63. The molecule has 0 saturated heterocycles. The Kier molecular flexibility index (Phi) is 4.82. The number of imidazole rings is 1. The molecule has 33 heavy (non-hydrogen) atoms. The number of para-hydroxylation sites is 1. The fourth-order valence-corrected chi connectivity index (χ4v) is 5.05. The first kappa shape index (κ1) is 19.6. The first-order valence-corrected chi connectivity index (χ1v) is 11.4. The van der Waals surface area contributed by atoms with E-state index in [0.29, 0.717) is 5.65 Å². The van der Waals surface area contributed by atoms with Crippen molar-refractivity contribution < 1.29 is 4.39 Å². The fourth-order valence-electron chi connectivity index (χ4n) is 4.02. The highest BCUT2D eigenvalue weighted by Crippen LogP contribution is 2.38. The first-order chi connectivity index (χ1) is 16.3. The van der Waals surface area contributed by atoms with Gasteiger partial charge in [-0.25, -0.2) is 14.4 Å². The van der Waals surface area contributed by atoms with Crippen LogP contribution in [0.1, 0.15) is 0 Å². The average Bonchev–Trinajstić information content (AvgIpc) is 3.44. The summed E-state index contributed by atoms with van der Waals surface area (Å²) in [4.78, 5) is 10.8. The molecule has 5 heteroatoms. The van der Waals surface area contributed by atoms with Gasteiger partial charge in [0.2, 0.25) is 0 Å². The molecular weight excluding hydrogens is 429 g/mol. The van der Waals surface area contributed by atoms with E-state index in [9.17, 15) is 4.39 Å². The minimum atomic E-state index is -0.249. The van der Waals surface area contributed by atoms with Crippen LogP contribution in [0.3, 0.4) is 0 Å². The van der Waals surface area contributed by atoms with E-state index >= 15 is 0 Å². The predicted octanol–water partition coefficient (Wildman–Crippen LogP) is 7.62. The van der Waals surface area contributed by atoms with Crippen LogP contribution in [-0.4, -0.2) is 14.5 Å². The van der Waals surface area contributed by atoms with Gasteiger partial charge in [-0.2, -0.15) is 0 Å². The van der Waals surface area contributed by atoms with Gasteiger partial charge in [0.25, 0.3) is 0 Å². The molecule has 6 aromatic rings. The molecule has 0 aliphatic heterocycles. The minimum Gasteiger partial charge on any atom is -0.282 e. The standard InChI is InChI=1S/C28H18FN3S/c29-22-17-15-19(16-18-22)23-13-7-8-14-24(23)32-26(20-9-3-1-4-10-20)30-25-28(32)33-27(31-25)21-11-5-2-6-12-21/h1-18H. The third-order valence-corrected chi connectivity index (χ3v) is 6.65. The van der Waals surface area contributed by atoms with Crippen LogP contribution >= 0.6 is 11.3 Å². The zero-order valence-corrected chi connectivity index (χ0v) is 18.3. The smallest absolute Gasteiger partial charge is 0.190 e. The van der Waals surface area contributed by atoms with E-state index in [4.69, 9.17) is 9.97 Å². The molecule has 0 aliphatic carbocycles. The maximum absolute atomic E-state index is 13.6. The van der Waals surface area contributed by atoms with Crippen molar-refractivity contribution in [1.82, 2.24) is 14.5 Å². The van der Waals surface area contributed by atoms with E-state index in [1.807, 2.05) is 60.7 Å². The molecule has 0 spiro atoms. The van der Waals surface area contributed by atoms with Crippen molar-refractivity contribution in [2.24, 2.45) is 0 Å². The van der Waals surface area contributed by atoms with Gasteiger partial charge in [0.15, 0.2) is 5.65 Å². The monoisotopic (exact) mass is 447 g/mol. The molecule has 0 aliphatic rings. The van der Waals surface area contributed by atoms with Crippen LogP contribution in [0.25, 0.3) is 49.3 Å². The van der Waals surface area contributed by atoms with Gasteiger partial charge in [0, 0.05) is 16.7 Å². The molecule has 0 saturated carbocycles. The van der Waals surface area contributed by atoms with E-state index in [2.05, 4.69) is 41.0 Å². The Morgan fingerprint density at radius 3 is 1.97 bits per heavy atom. The van der Waals surface area contributed by atoms with Crippen molar-refractivity contribution in [1.29, 1.82) is 0 Å². The van der Waals surface area contributed by atoms with Crippen molar-refractivity contribution in [3.05, 3.63) is 115 Å². The van der Waals surface area contributed by atoms with E-state index in [-0.39, 0.29) is 5.82 Å². The summed E-state index contributed by atoms with van der Waals surface area (Å²) in [6, 6.07) is 35.1. The summed E-state index contributed by atoms with van der Waals surface area (Å²) in [5.41, 5.74) is 5.72. The lowest BCUT2D eigenvalue weighted by Gasteiger charge is -2.14. The molecule has 2 aromatic heterocycles. The first-order valence-electron chi connectivity index (χ1n) is 10.6. The lowest BCUT2D eigenvalue weighted by Crippen LogP contribution is -1.99. The molecule has 0 fully saturated rings. The third-order valence-electron chi connectivity index (χ3n) is 5.57. The summed E-state index contributed by atoms with van der Waals surface area (Å²) < 4.78 is 15.8. The highest BCUT2D eigenvalue weighted by molar-refractivity contribution is 7.21. The number of halogens is 1. The number of thiazole rings is 1. The van der Waals surface area contributed by atoms with Crippen LogP contribution in [-0.2, 0) is 0 Å². The summed E-state index contributed by atoms with van der Waals surface area (Å²) in [5.74, 6) is 0.583. The molecule has 2 heterocycles. The van der Waals surface area contributed by atoms with Crippen LogP contribution in [0.5, 0.6) is 0 Å². The van der Waals surface area contributed by atoms with Crippen LogP contribution < -0.4 is 0 Å². The highest BCUT2D eigenvalue weighted by atomic mass is 32.1. The number of nitrogens with zero attached hydrogens (tertiary/aromatic N) is 3. The van der Waals surface area contributed by atoms with Gasteiger partial charge < -0.3 is 0 Å². The summed E-state index contributed by atoms with van der Waals surface area (Å²) >= 11 is 1.62. The van der Waals surface area contributed by atoms with Crippen molar-refractivity contribution in [3.8, 4) is 38.8 Å². The largest absolute Gasteiger partial charge is 0.282 e. The van der Waals surface area contributed by atoms with Crippen molar-refractivity contribution >= 4 is 21.8 Å². The molecule has 0 amide bonds. The highest BCUT2D eigenvalue weighted by Gasteiger charge is 2.21. The maximum atomic E-state index is 13.6. The number of fused-ring (bicyclic) bond motifs is 1. The second kappa shape index (κ2) is 8.11. The average molecular weight is 448 g/mol.